The van der Waals surface area contributed by atoms with Crippen molar-refractivity contribution in [1.82, 2.24) is 24.9 Å². The van der Waals surface area contributed by atoms with E-state index >= 15 is 0 Å². The normalized spacial score (nSPS) is 10.9. The third kappa shape index (κ3) is 5.31. The van der Waals surface area contributed by atoms with Crippen molar-refractivity contribution in [2.24, 2.45) is 0 Å². The fourth-order valence-electron chi connectivity index (χ4n) is 4.93. The first-order valence-corrected chi connectivity index (χ1v) is 13.7. The average Bonchev–Trinajstić information content (AvgIpc) is 3.09. The summed E-state index contributed by atoms with van der Waals surface area (Å²) >= 11 is 0. The van der Waals surface area contributed by atoms with Gasteiger partial charge in [0.15, 0.2) is 17.5 Å². The van der Waals surface area contributed by atoms with Crippen molar-refractivity contribution in [1.29, 1.82) is 0 Å². The molecule has 2 heterocycles. The van der Waals surface area contributed by atoms with Crippen LogP contribution in [0.4, 0.5) is 0 Å². The minimum absolute atomic E-state index is 0.605. The fraction of sp³-hybridized carbons (Fsp3) is 0. The Morgan fingerprint density at radius 2 is 0.667 bits per heavy atom. The van der Waals surface area contributed by atoms with Crippen LogP contribution in [-0.2, 0) is 0 Å². The minimum atomic E-state index is 0.605. The standard InChI is InChI=1S/C37H25N5/c1-3-8-26(9-4-1)28-14-18-30(19-15-28)35-40-36(31-20-16-29(17-21-31)27-10-5-2-6-11-27)42-37(41-35)33-13-7-12-32(22-33)34-23-38-25-39-24-34/h1-25H. The summed E-state index contributed by atoms with van der Waals surface area (Å²) in [7, 11) is 0. The van der Waals surface area contributed by atoms with Crippen LogP contribution in [0.1, 0.15) is 0 Å². The second-order valence-electron chi connectivity index (χ2n) is 9.90. The smallest absolute Gasteiger partial charge is 0.164 e. The summed E-state index contributed by atoms with van der Waals surface area (Å²) in [5.41, 5.74) is 9.29. The first-order valence-electron chi connectivity index (χ1n) is 13.7. The van der Waals surface area contributed by atoms with Crippen LogP contribution in [0.5, 0.6) is 0 Å². The Bertz CT molecular complexity index is 1840. The van der Waals surface area contributed by atoms with Gasteiger partial charge in [0.25, 0.3) is 0 Å². The highest BCUT2D eigenvalue weighted by atomic mass is 15.0. The van der Waals surface area contributed by atoms with Gasteiger partial charge in [0.2, 0.25) is 0 Å². The van der Waals surface area contributed by atoms with Crippen LogP contribution in [0.3, 0.4) is 0 Å². The Morgan fingerprint density at radius 3 is 1.17 bits per heavy atom. The molecular weight excluding hydrogens is 514 g/mol. The van der Waals surface area contributed by atoms with E-state index in [1.165, 1.54) is 17.5 Å². The SMILES string of the molecule is c1ccc(-c2ccc(-c3nc(-c4ccc(-c5ccccc5)cc4)nc(-c4cccc(-c5cncnc5)c4)n3)cc2)cc1. The fourth-order valence-corrected chi connectivity index (χ4v) is 4.93. The van der Waals surface area contributed by atoms with E-state index in [0.29, 0.717) is 17.5 Å². The molecule has 5 aromatic carbocycles. The summed E-state index contributed by atoms with van der Waals surface area (Å²) in [6.07, 6.45) is 5.14. The molecule has 0 aliphatic carbocycles. The van der Waals surface area contributed by atoms with E-state index in [1.807, 2.05) is 54.6 Å². The number of benzene rings is 5. The molecule has 0 atom stereocenters. The molecule has 0 unspecified atom stereocenters. The van der Waals surface area contributed by atoms with Gasteiger partial charge in [-0.25, -0.2) is 24.9 Å². The third-order valence-electron chi connectivity index (χ3n) is 7.15. The van der Waals surface area contributed by atoms with Gasteiger partial charge in [0, 0.05) is 34.6 Å². The highest BCUT2D eigenvalue weighted by molar-refractivity contribution is 5.74. The van der Waals surface area contributed by atoms with Gasteiger partial charge in [-0.3, -0.25) is 0 Å². The average molecular weight is 540 g/mol. The van der Waals surface area contributed by atoms with Crippen molar-refractivity contribution >= 4 is 0 Å². The van der Waals surface area contributed by atoms with Crippen LogP contribution >= 0.6 is 0 Å². The van der Waals surface area contributed by atoms with Crippen molar-refractivity contribution in [3.05, 3.63) is 152 Å². The first kappa shape index (κ1) is 25.2. The highest BCUT2D eigenvalue weighted by Gasteiger charge is 2.14. The molecule has 0 aliphatic rings. The second-order valence-corrected chi connectivity index (χ2v) is 9.90. The van der Waals surface area contributed by atoms with E-state index < -0.39 is 0 Å². The van der Waals surface area contributed by atoms with Gasteiger partial charge in [0.05, 0.1) is 0 Å². The number of hydrogen-bond donors (Lipinski definition) is 0. The van der Waals surface area contributed by atoms with Gasteiger partial charge in [0.1, 0.15) is 6.33 Å². The van der Waals surface area contributed by atoms with Crippen LogP contribution in [-0.4, -0.2) is 24.9 Å². The Labute approximate surface area is 244 Å². The molecule has 2 aromatic heterocycles. The Balaban J connectivity index is 1.32. The van der Waals surface area contributed by atoms with Crippen molar-refractivity contribution < 1.29 is 0 Å². The molecule has 0 N–H and O–H groups in total. The van der Waals surface area contributed by atoms with Crippen LogP contribution in [0, 0.1) is 0 Å². The molecule has 0 saturated carbocycles. The second kappa shape index (κ2) is 11.4. The quantitative estimate of drug-likeness (QED) is 0.212. The molecule has 0 aliphatic heterocycles. The van der Waals surface area contributed by atoms with Crippen LogP contribution in [0.15, 0.2) is 152 Å². The minimum Gasteiger partial charge on any atom is -0.244 e. The molecule has 5 heteroatoms. The van der Waals surface area contributed by atoms with Crippen molar-refractivity contribution in [3.63, 3.8) is 0 Å². The van der Waals surface area contributed by atoms with Gasteiger partial charge in [-0.15, -0.1) is 0 Å². The molecule has 0 radical (unpaired) electrons. The third-order valence-corrected chi connectivity index (χ3v) is 7.15. The van der Waals surface area contributed by atoms with E-state index in [2.05, 4.69) is 88.8 Å². The first-order chi connectivity index (χ1) is 20.8. The lowest BCUT2D eigenvalue weighted by atomic mass is 10.0. The summed E-state index contributed by atoms with van der Waals surface area (Å²) in [5.74, 6) is 1.85. The number of hydrogen-bond acceptors (Lipinski definition) is 5. The number of aromatic nitrogens is 5. The lowest BCUT2D eigenvalue weighted by Crippen LogP contribution is -2.00. The zero-order chi connectivity index (χ0) is 28.1. The Kier molecular flexibility index (Phi) is 6.81. The van der Waals surface area contributed by atoms with Crippen LogP contribution in [0.2, 0.25) is 0 Å². The van der Waals surface area contributed by atoms with Gasteiger partial charge >= 0.3 is 0 Å². The largest absolute Gasteiger partial charge is 0.244 e. The van der Waals surface area contributed by atoms with E-state index in [0.717, 1.165) is 38.9 Å². The predicted octanol–water partition coefficient (Wildman–Crippen LogP) is 8.66. The highest BCUT2D eigenvalue weighted by Crippen LogP contribution is 2.30. The van der Waals surface area contributed by atoms with Crippen molar-refractivity contribution in [3.8, 4) is 67.5 Å². The maximum Gasteiger partial charge on any atom is 0.164 e. The molecule has 42 heavy (non-hydrogen) atoms. The molecule has 0 spiro atoms. The summed E-state index contributed by atoms with van der Waals surface area (Å²) < 4.78 is 0. The Hall–Kier alpha value is -5.81. The maximum absolute atomic E-state index is 4.95. The number of nitrogens with zero attached hydrogens (tertiary/aromatic N) is 5. The van der Waals surface area contributed by atoms with E-state index in [4.69, 9.17) is 15.0 Å². The summed E-state index contributed by atoms with van der Waals surface area (Å²) in [6.45, 7) is 0. The maximum atomic E-state index is 4.95. The van der Waals surface area contributed by atoms with Crippen LogP contribution in [0.25, 0.3) is 67.5 Å². The molecule has 7 aromatic rings. The topological polar surface area (TPSA) is 64.5 Å². The van der Waals surface area contributed by atoms with Gasteiger partial charge in [-0.05, 0) is 33.9 Å². The molecule has 0 saturated heterocycles. The number of rotatable bonds is 6. The van der Waals surface area contributed by atoms with E-state index in [-0.39, 0.29) is 0 Å². The molecular formula is C37H25N5. The summed E-state index contributed by atoms with van der Waals surface area (Å²) in [6, 6.07) is 45.5. The molecule has 0 bridgehead atoms. The predicted molar refractivity (Wildman–Crippen MR) is 168 cm³/mol. The molecule has 5 nitrogen and oxygen atoms in total. The molecule has 198 valence electrons. The van der Waals surface area contributed by atoms with Gasteiger partial charge in [-0.2, -0.15) is 0 Å². The summed E-state index contributed by atoms with van der Waals surface area (Å²) in [4.78, 5) is 23.2. The van der Waals surface area contributed by atoms with E-state index in [1.54, 1.807) is 12.4 Å². The molecule has 0 fully saturated rings. The van der Waals surface area contributed by atoms with Gasteiger partial charge in [-0.1, -0.05) is 127 Å². The van der Waals surface area contributed by atoms with Crippen LogP contribution < -0.4 is 0 Å². The van der Waals surface area contributed by atoms with Crippen molar-refractivity contribution in [2.75, 3.05) is 0 Å². The van der Waals surface area contributed by atoms with Gasteiger partial charge < -0.3 is 0 Å². The van der Waals surface area contributed by atoms with Crippen molar-refractivity contribution in [2.45, 2.75) is 0 Å². The zero-order valence-corrected chi connectivity index (χ0v) is 22.7. The van der Waals surface area contributed by atoms with E-state index in [9.17, 15) is 0 Å². The zero-order valence-electron chi connectivity index (χ0n) is 22.7. The molecule has 7 rings (SSSR count). The molecule has 0 amide bonds. The monoisotopic (exact) mass is 539 g/mol. The Morgan fingerprint density at radius 1 is 0.286 bits per heavy atom. The summed E-state index contributed by atoms with van der Waals surface area (Å²) in [5, 5.41) is 0. The lowest BCUT2D eigenvalue weighted by Gasteiger charge is -2.10. The lowest BCUT2D eigenvalue weighted by molar-refractivity contribution is 1.07.